The summed E-state index contributed by atoms with van der Waals surface area (Å²) in [5.41, 5.74) is -0.330. The molecule has 9 heteroatoms. The number of benzene rings is 1. The van der Waals surface area contributed by atoms with Crippen LogP contribution in [0.4, 0.5) is 0 Å². The van der Waals surface area contributed by atoms with E-state index in [1.54, 1.807) is 0 Å². The summed E-state index contributed by atoms with van der Waals surface area (Å²) in [6, 6.07) is 2.03. The Hall–Kier alpha value is -0.860. The third-order valence-corrected chi connectivity index (χ3v) is 4.97. The Balaban J connectivity index is 2.55. The van der Waals surface area contributed by atoms with Crippen LogP contribution >= 0.6 is 23.2 Å². The summed E-state index contributed by atoms with van der Waals surface area (Å²) in [6.07, 6.45) is 0.566. The number of sulfonamides is 1. The van der Waals surface area contributed by atoms with E-state index in [1.807, 2.05) is 0 Å². The van der Waals surface area contributed by atoms with E-state index in [9.17, 15) is 13.2 Å². The predicted octanol–water partition coefficient (Wildman–Crippen LogP) is 2.02. The van der Waals surface area contributed by atoms with Crippen LogP contribution in [0.15, 0.2) is 17.0 Å². The van der Waals surface area contributed by atoms with Gasteiger partial charge in [0.2, 0.25) is 0 Å². The average molecular weight is 326 g/mol. The summed E-state index contributed by atoms with van der Waals surface area (Å²) in [5.74, 6) is -1.33. The smallest absolute Gasteiger partial charge is 0.337 e. The van der Waals surface area contributed by atoms with E-state index in [1.165, 1.54) is 0 Å². The van der Waals surface area contributed by atoms with Crippen LogP contribution < -0.4 is 0 Å². The number of rotatable bonds is 3. The fourth-order valence-corrected chi connectivity index (χ4v) is 3.75. The zero-order valence-electron chi connectivity index (χ0n) is 9.47. The molecule has 1 aromatic carbocycles. The van der Waals surface area contributed by atoms with Crippen molar-refractivity contribution in [2.24, 2.45) is 0 Å². The zero-order valence-corrected chi connectivity index (χ0v) is 11.8. The van der Waals surface area contributed by atoms with Crippen LogP contribution in [-0.4, -0.2) is 37.1 Å². The van der Waals surface area contributed by atoms with Crippen LogP contribution in [0.2, 0.25) is 10.0 Å². The molecule has 1 fully saturated rings. The lowest BCUT2D eigenvalue weighted by atomic mass is 10.2. The van der Waals surface area contributed by atoms with Crippen molar-refractivity contribution >= 4 is 39.2 Å². The van der Waals surface area contributed by atoms with Gasteiger partial charge in [-0.15, -0.1) is 0 Å². The number of nitrogens with zero attached hydrogens (tertiary/aromatic N) is 1. The van der Waals surface area contributed by atoms with Crippen LogP contribution in [0.25, 0.3) is 0 Å². The quantitative estimate of drug-likeness (QED) is 0.919. The van der Waals surface area contributed by atoms with E-state index in [0.29, 0.717) is 6.42 Å². The third kappa shape index (κ3) is 2.70. The van der Waals surface area contributed by atoms with Gasteiger partial charge < -0.3 is 5.11 Å². The maximum atomic E-state index is 12.2. The molecule has 0 spiro atoms. The lowest BCUT2D eigenvalue weighted by Gasteiger charge is -2.16. The zero-order chi connectivity index (χ0) is 14.2. The molecule has 104 valence electrons. The highest BCUT2D eigenvalue weighted by atomic mass is 35.5. The van der Waals surface area contributed by atoms with Crippen LogP contribution in [0, 0.1) is 0 Å². The molecule has 1 aliphatic heterocycles. The standard InChI is InChI=1S/C10H9Cl2NO5S/c11-7-5-8(12)9(4-6(7)10(14)15)19(16,17)13-2-1-3-18-13/h4-5H,1-3H2,(H,14,15). The van der Waals surface area contributed by atoms with Gasteiger partial charge in [0, 0.05) is 6.54 Å². The molecule has 0 radical (unpaired) electrons. The number of hydrogen-bond acceptors (Lipinski definition) is 4. The summed E-state index contributed by atoms with van der Waals surface area (Å²) in [6.45, 7) is 0.486. The minimum Gasteiger partial charge on any atom is -0.478 e. The maximum absolute atomic E-state index is 12.2. The lowest BCUT2D eigenvalue weighted by molar-refractivity contribution is -0.0284. The number of carboxylic acid groups (broad SMARTS) is 1. The highest BCUT2D eigenvalue weighted by Gasteiger charge is 2.32. The Labute approximate surface area is 119 Å². The third-order valence-electron chi connectivity index (χ3n) is 2.52. The molecule has 2 rings (SSSR count). The first-order valence-electron chi connectivity index (χ1n) is 5.22. The number of aromatic carboxylic acids is 1. The van der Waals surface area contributed by atoms with E-state index >= 15 is 0 Å². The number of hydroxylamine groups is 1. The largest absolute Gasteiger partial charge is 0.478 e. The second-order valence-electron chi connectivity index (χ2n) is 3.79. The Morgan fingerprint density at radius 2 is 2.00 bits per heavy atom. The Morgan fingerprint density at radius 3 is 2.53 bits per heavy atom. The summed E-state index contributed by atoms with van der Waals surface area (Å²) in [7, 11) is -3.98. The van der Waals surface area contributed by atoms with Crippen molar-refractivity contribution < 1.29 is 23.2 Å². The molecule has 0 bridgehead atoms. The number of carbonyl (C=O) groups is 1. The van der Waals surface area contributed by atoms with Gasteiger partial charge in [-0.05, 0) is 18.6 Å². The number of carboxylic acids is 1. The molecule has 1 aromatic rings. The molecule has 0 amide bonds. The summed E-state index contributed by atoms with van der Waals surface area (Å²) in [5, 5.41) is 8.67. The van der Waals surface area contributed by atoms with Crippen molar-refractivity contribution in [3.63, 3.8) is 0 Å². The van der Waals surface area contributed by atoms with Crippen molar-refractivity contribution in [2.45, 2.75) is 11.3 Å². The van der Waals surface area contributed by atoms with Crippen LogP contribution in [0.1, 0.15) is 16.8 Å². The Morgan fingerprint density at radius 1 is 1.32 bits per heavy atom. The molecule has 1 aliphatic rings. The lowest BCUT2D eigenvalue weighted by Crippen LogP contribution is -2.27. The molecule has 6 nitrogen and oxygen atoms in total. The molecule has 0 atom stereocenters. The number of hydrogen-bond donors (Lipinski definition) is 1. The van der Waals surface area contributed by atoms with Crippen molar-refractivity contribution in [1.82, 2.24) is 4.47 Å². The number of halogens is 2. The molecule has 19 heavy (non-hydrogen) atoms. The van der Waals surface area contributed by atoms with Gasteiger partial charge >= 0.3 is 5.97 Å². The minimum atomic E-state index is -3.98. The average Bonchev–Trinajstić information content (AvgIpc) is 2.81. The Kier molecular flexibility index (Phi) is 4.03. The molecule has 1 saturated heterocycles. The van der Waals surface area contributed by atoms with Crippen LogP contribution in [0.5, 0.6) is 0 Å². The molecular formula is C10H9Cl2NO5S. The normalized spacial score (nSPS) is 16.7. The van der Waals surface area contributed by atoms with E-state index in [2.05, 4.69) is 0 Å². The highest BCUT2D eigenvalue weighted by Crippen LogP contribution is 2.31. The summed E-state index contributed by atoms with van der Waals surface area (Å²) >= 11 is 11.5. The first-order valence-corrected chi connectivity index (χ1v) is 7.41. The van der Waals surface area contributed by atoms with Crippen molar-refractivity contribution in [3.8, 4) is 0 Å². The van der Waals surface area contributed by atoms with Gasteiger partial charge in [-0.1, -0.05) is 27.7 Å². The fourth-order valence-electron chi connectivity index (χ4n) is 1.61. The molecule has 1 heterocycles. The van der Waals surface area contributed by atoms with Crippen molar-refractivity contribution in [1.29, 1.82) is 0 Å². The molecule has 0 saturated carbocycles. The van der Waals surface area contributed by atoms with Gasteiger partial charge in [-0.25, -0.2) is 13.2 Å². The maximum Gasteiger partial charge on any atom is 0.337 e. The van der Waals surface area contributed by atoms with Gasteiger partial charge in [0.25, 0.3) is 10.0 Å². The monoisotopic (exact) mass is 325 g/mol. The van der Waals surface area contributed by atoms with Crippen molar-refractivity contribution in [2.75, 3.05) is 13.2 Å². The van der Waals surface area contributed by atoms with E-state index in [-0.39, 0.29) is 33.7 Å². The molecule has 0 aliphatic carbocycles. The highest BCUT2D eigenvalue weighted by molar-refractivity contribution is 7.89. The van der Waals surface area contributed by atoms with Gasteiger partial charge in [-0.3, -0.25) is 4.84 Å². The van der Waals surface area contributed by atoms with Crippen LogP contribution in [0.3, 0.4) is 0 Å². The van der Waals surface area contributed by atoms with Gasteiger partial charge in [0.1, 0.15) is 4.90 Å². The van der Waals surface area contributed by atoms with Gasteiger partial charge in [0.05, 0.1) is 22.2 Å². The SMILES string of the molecule is O=C(O)c1cc(S(=O)(=O)N2CCCO2)c(Cl)cc1Cl. The fraction of sp³-hybridized carbons (Fsp3) is 0.300. The topological polar surface area (TPSA) is 83.9 Å². The molecule has 0 aromatic heterocycles. The second kappa shape index (κ2) is 5.26. The predicted molar refractivity (Wildman–Crippen MR) is 67.9 cm³/mol. The van der Waals surface area contributed by atoms with E-state index in [0.717, 1.165) is 16.6 Å². The summed E-state index contributed by atoms with van der Waals surface area (Å²) < 4.78 is 25.2. The molecule has 1 N–H and O–H groups in total. The first kappa shape index (κ1) is 14.5. The van der Waals surface area contributed by atoms with E-state index < -0.39 is 16.0 Å². The van der Waals surface area contributed by atoms with E-state index in [4.69, 9.17) is 33.1 Å². The second-order valence-corrected chi connectivity index (χ2v) is 6.40. The van der Waals surface area contributed by atoms with Gasteiger partial charge in [-0.2, -0.15) is 0 Å². The molecule has 0 unspecified atom stereocenters. The van der Waals surface area contributed by atoms with Crippen LogP contribution in [-0.2, 0) is 14.9 Å². The summed E-state index contributed by atoms with van der Waals surface area (Å²) in [4.78, 5) is 15.6. The minimum absolute atomic E-state index is 0.126. The van der Waals surface area contributed by atoms with Crippen molar-refractivity contribution in [3.05, 3.63) is 27.7 Å². The Bertz CT molecular complexity index is 625. The first-order chi connectivity index (χ1) is 8.84. The van der Waals surface area contributed by atoms with Gasteiger partial charge in [0.15, 0.2) is 0 Å². The molecular weight excluding hydrogens is 317 g/mol.